The summed E-state index contributed by atoms with van der Waals surface area (Å²) in [6, 6.07) is 4.97. The summed E-state index contributed by atoms with van der Waals surface area (Å²) < 4.78 is 15.2. The van der Waals surface area contributed by atoms with Crippen LogP contribution in [0.15, 0.2) is 18.2 Å². The summed E-state index contributed by atoms with van der Waals surface area (Å²) in [4.78, 5) is 11.0. The molecule has 1 rings (SSSR count). The van der Waals surface area contributed by atoms with Crippen LogP contribution in [0.25, 0.3) is 0 Å². The third-order valence-corrected chi connectivity index (χ3v) is 1.88. The molecule has 4 nitrogen and oxygen atoms in total. The zero-order valence-electron chi connectivity index (χ0n) is 9.48. The van der Waals surface area contributed by atoms with Gasteiger partial charge in [0.05, 0.1) is 14.2 Å². The van der Waals surface area contributed by atoms with Crippen molar-refractivity contribution < 1.29 is 19.0 Å². The van der Waals surface area contributed by atoms with Gasteiger partial charge in [-0.3, -0.25) is 4.79 Å². The van der Waals surface area contributed by atoms with E-state index in [0.29, 0.717) is 23.7 Å². The molecule has 0 spiro atoms. The van der Waals surface area contributed by atoms with Crippen molar-refractivity contribution >= 4 is 18.4 Å². The lowest BCUT2D eigenvalue weighted by Crippen LogP contribution is -2.05. The number of methoxy groups -OCH3 is 2. The molecule has 0 atom stereocenters. The smallest absolute Gasteiger partial charge is 0.310 e. The third kappa shape index (κ3) is 3.62. The number of carbonyl (C=O) groups excluding carboxylic acids is 1. The Bertz CT molecular complexity index is 352. The molecule has 0 heterocycles. The van der Waals surface area contributed by atoms with Gasteiger partial charge in [0.25, 0.3) is 0 Å². The summed E-state index contributed by atoms with van der Waals surface area (Å²) in [5.74, 6) is 1.33. The van der Waals surface area contributed by atoms with Gasteiger partial charge in [-0.15, -0.1) is 12.4 Å². The molecule has 0 saturated heterocycles. The van der Waals surface area contributed by atoms with Crippen LogP contribution in [-0.2, 0) is 4.79 Å². The van der Waals surface area contributed by atoms with E-state index in [9.17, 15) is 4.79 Å². The van der Waals surface area contributed by atoms with Crippen molar-refractivity contribution in [3.05, 3.63) is 18.2 Å². The molecule has 0 bridgehead atoms. The van der Waals surface area contributed by atoms with E-state index in [4.69, 9.17) is 14.2 Å². The van der Waals surface area contributed by atoms with Crippen molar-refractivity contribution in [1.82, 2.24) is 0 Å². The summed E-state index contributed by atoms with van der Waals surface area (Å²) in [5, 5.41) is 0. The molecule has 0 amide bonds. The van der Waals surface area contributed by atoms with E-state index in [1.165, 1.54) is 7.11 Å². The van der Waals surface area contributed by atoms with Crippen molar-refractivity contribution in [2.45, 2.75) is 13.3 Å². The van der Waals surface area contributed by atoms with Crippen LogP contribution >= 0.6 is 12.4 Å². The van der Waals surface area contributed by atoms with E-state index in [1.54, 1.807) is 32.2 Å². The minimum atomic E-state index is -0.276. The molecule has 0 saturated carbocycles. The minimum absolute atomic E-state index is 0. The fourth-order valence-electron chi connectivity index (χ4n) is 1.08. The SMILES string of the molecule is CCC(=O)Oc1ccc(OC)c(OC)c1.Cl. The fourth-order valence-corrected chi connectivity index (χ4v) is 1.08. The number of hydrogen-bond donors (Lipinski definition) is 0. The lowest BCUT2D eigenvalue weighted by atomic mass is 10.3. The molecule has 0 N–H and O–H groups in total. The van der Waals surface area contributed by atoms with Crippen molar-refractivity contribution in [2.24, 2.45) is 0 Å². The Morgan fingerprint density at radius 3 is 2.31 bits per heavy atom. The maximum Gasteiger partial charge on any atom is 0.310 e. The van der Waals surface area contributed by atoms with Crippen LogP contribution in [0.1, 0.15) is 13.3 Å². The first-order valence-corrected chi connectivity index (χ1v) is 4.64. The zero-order chi connectivity index (χ0) is 11.3. The van der Waals surface area contributed by atoms with Crippen LogP contribution in [0.2, 0.25) is 0 Å². The van der Waals surface area contributed by atoms with Gasteiger partial charge in [0, 0.05) is 12.5 Å². The molecule has 16 heavy (non-hydrogen) atoms. The van der Waals surface area contributed by atoms with Gasteiger partial charge < -0.3 is 14.2 Å². The highest BCUT2D eigenvalue weighted by molar-refractivity contribution is 5.85. The van der Waals surface area contributed by atoms with Crippen molar-refractivity contribution in [3.8, 4) is 17.2 Å². The highest BCUT2D eigenvalue weighted by Crippen LogP contribution is 2.30. The van der Waals surface area contributed by atoms with Crippen molar-refractivity contribution in [1.29, 1.82) is 0 Å². The van der Waals surface area contributed by atoms with Gasteiger partial charge in [-0.05, 0) is 12.1 Å². The topological polar surface area (TPSA) is 44.8 Å². The van der Waals surface area contributed by atoms with Crippen LogP contribution in [0.4, 0.5) is 0 Å². The molecule has 0 aromatic heterocycles. The van der Waals surface area contributed by atoms with E-state index in [1.807, 2.05) is 0 Å². The van der Waals surface area contributed by atoms with Gasteiger partial charge >= 0.3 is 5.97 Å². The van der Waals surface area contributed by atoms with Crippen molar-refractivity contribution in [2.75, 3.05) is 14.2 Å². The van der Waals surface area contributed by atoms with Crippen LogP contribution in [0, 0.1) is 0 Å². The second-order valence-corrected chi connectivity index (χ2v) is 2.84. The molecule has 0 radical (unpaired) electrons. The van der Waals surface area contributed by atoms with Crippen LogP contribution in [-0.4, -0.2) is 20.2 Å². The number of hydrogen-bond acceptors (Lipinski definition) is 4. The first-order valence-electron chi connectivity index (χ1n) is 4.64. The minimum Gasteiger partial charge on any atom is -0.493 e. The molecule has 90 valence electrons. The maximum absolute atomic E-state index is 11.0. The van der Waals surface area contributed by atoms with Crippen LogP contribution in [0.3, 0.4) is 0 Å². The molecular formula is C11H15ClO4. The van der Waals surface area contributed by atoms with E-state index in [2.05, 4.69) is 0 Å². The first kappa shape index (κ1) is 14.6. The third-order valence-electron chi connectivity index (χ3n) is 1.88. The maximum atomic E-state index is 11.0. The highest BCUT2D eigenvalue weighted by atomic mass is 35.5. The molecule has 0 aliphatic rings. The summed E-state index contributed by atoms with van der Waals surface area (Å²) in [7, 11) is 3.08. The molecule has 1 aromatic carbocycles. The Morgan fingerprint density at radius 1 is 1.19 bits per heavy atom. The van der Waals surface area contributed by atoms with E-state index >= 15 is 0 Å². The second-order valence-electron chi connectivity index (χ2n) is 2.84. The summed E-state index contributed by atoms with van der Waals surface area (Å²) >= 11 is 0. The van der Waals surface area contributed by atoms with Gasteiger partial charge in [0.2, 0.25) is 0 Å². The van der Waals surface area contributed by atoms with E-state index in [-0.39, 0.29) is 18.4 Å². The molecule has 0 aliphatic carbocycles. The Hall–Kier alpha value is -1.42. The average Bonchev–Trinajstić information content (AvgIpc) is 2.28. The predicted octanol–water partition coefficient (Wildman–Crippen LogP) is 2.44. The lowest BCUT2D eigenvalue weighted by molar-refractivity contribution is -0.134. The number of carbonyl (C=O) groups is 1. The number of rotatable bonds is 4. The summed E-state index contributed by atoms with van der Waals surface area (Å²) in [5.41, 5.74) is 0. The Labute approximate surface area is 101 Å². The largest absolute Gasteiger partial charge is 0.493 e. The molecule has 5 heteroatoms. The molecule has 1 aromatic rings. The van der Waals surface area contributed by atoms with Gasteiger partial charge in [-0.25, -0.2) is 0 Å². The van der Waals surface area contributed by atoms with Gasteiger partial charge in [-0.1, -0.05) is 6.92 Å². The Balaban J connectivity index is 0.00000225. The quantitative estimate of drug-likeness (QED) is 0.605. The molecular weight excluding hydrogens is 232 g/mol. The monoisotopic (exact) mass is 246 g/mol. The second kappa shape index (κ2) is 6.95. The number of esters is 1. The van der Waals surface area contributed by atoms with Gasteiger partial charge in [0.15, 0.2) is 11.5 Å². The van der Waals surface area contributed by atoms with Crippen molar-refractivity contribution in [3.63, 3.8) is 0 Å². The number of halogens is 1. The molecule has 0 aliphatic heterocycles. The normalized spacial score (nSPS) is 8.94. The van der Waals surface area contributed by atoms with E-state index in [0.717, 1.165) is 0 Å². The van der Waals surface area contributed by atoms with Gasteiger partial charge in [0.1, 0.15) is 5.75 Å². The highest BCUT2D eigenvalue weighted by Gasteiger charge is 2.07. The Kier molecular flexibility index (Phi) is 6.34. The summed E-state index contributed by atoms with van der Waals surface area (Å²) in [6.45, 7) is 1.74. The van der Waals surface area contributed by atoms with Crippen LogP contribution in [0.5, 0.6) is 17.2 Å². The Morgan fingerprint density at radius 2 is 1.81 bits per heavy atom. The predicted molar refractivity (Wildman–Crippen MR) is 62.7 cm³/mol. The number of ether oxygens (including phenoxy) is 3. The number of benzene rings is 1. The van der Waals surface area contributed by atoms with Crippen LogP contribution < -0.4 is 14.2 Å². The lowest BCUT2D eigenvalue weighted by Gasteiger charge is -2.09. The molecule has 0 fully saturated rings. The summed E-state index contributed by atoms with van der Waals surface area (Å²) in [6.07, 6.45) is 0.342. The van der Waals surface area contributed by atoms with E-state index < -0.39 is 0 Å². The first-order chi connectivity index (χ1) is 7.21. The average molecular weight is 247 g/mol. The van der Waals surface area contributed by atoms with Gasteiger partial charge in [-0.2, -0.15) is 0 Å². The molecule has 0 unspecified atom stereocenters. The zero-order valence-corrected chi connectivity index (χ0v) is 10.3. The fraction of sp³-hybridized carbons (Fsp3) is 0.364. The standard InChI is InChI=1S/C11H14O4.ClH/c1-4-11(12)15-8-5-6-9(13-2)10(7-8)14-3;/h5-7H,4H2,1-3H3;1H.